The molecule has 0 heterocycles. The van der Waals surface area contributed by atoms with Crippen molar-refractivity contribution in [3.63, 3.8) is 0 Å². The summed E-state index contributed by atoms with van der Waals surface area (Å²) in [4.78, 5) is 0. The monoisotopic (exact) mass is 222 g/mol. The van der Waals surface area contributed by atoms with E-state index in [2.05, 4.69) is 20.8 Å². The Morgan fingerprint density at radius 3 is 2.31 bits per heavy atom. The number of aliphatic hydroxyl groups is 1. The molecule has 0 spiro atoms. The van der Waals surface area contributed by atoms with Crippen LogP contribution >= 0.6 is 0 Å². The van der Waals surface area contributed by atoms with Crippen LogP contribution in [-0.2, 0) is 0 Å². The SMILES string of the molecule is C[C@@H]1[C@H]2C[C@@H](C[C@H]1C(O)C1CCC1)C2(C)C. The molecule has 2 bridgehead atoms. The minimum atomic E-state index is 0.0187. The average Bonchev–Trinajstić information content (AvgIpc) is 2.13. The van der Waals surface area contributed by atoms with E-state index in [1.807, 2.05) is 0 Å². The van der Waals surface area contributed by atoms with Gasteiger partial charge in [-0.2, -0.15) is 0 Å². The number of hydrogen-bond donors (Lipinski definition) is 1. The Hall–Kier alpha value is -0.0400. The van der Waals surface area contributed by atoms with Gasteiger partial charge in [-0.05, 0) is 60.7 Å². The largest absolute Gasteiger partial charge is 0.393 e. The molecule has 4 saturated carbocycles. The fraction of sp³-hybridized carbons (Fsp3) is 1.00. The average molecular weight is 222 g/mol. The van der Waals surface area contributed by atoms with Gasteiger partial charge in [-0.25, -0.2) is 0 Å². The summed E-state index contributed by atoms with van der Waals surface area (Å²) in [6, 6.07) is 0. The Balaban J connectivity index is 1.70. The summed E-state index contributed by atoms with van der Waals surface area (Å²) < 4.78 is 0. The fourth-order valence-electron chi connectivity index (χ4n) is 4.77. The molecule has 4 aliphatic carbocycles. The maximum absolute atomic E-state index is 10.5. The van der Waals surface area contributed by atoms with Gasteiger partial charge in [0.2, 0.25) is 0 Å². The maximum Gasteiger partial charge on any atom is 0.0599 e. The summed E-state index contributed by atoms with van der Waals surface area (Å²) >= 11 is 0. The van der Waals surface area contributed by atoms with Gasteiger partial charge in [-0.1, -0.05) is 27.2 Å². The van der Waals surface area contributed by atoms with E-state index >= 15 is 0 Å². The second kappa shape index (κ2) is 3.48. The Bertz CT molecular complexity index is 279. The van der Waals surface area contributed by atoms with Gasteiger partial charge in [-0.3, -0.25) is 0 Å². The van der Waals surface area contributed by atoms with E-state index in [1.165, 1.54) is 32.1 Å². The van der Waals surface area contributed by atoms with Crippen molar-refractivity contribution in [1.29, 1.82) is 0 Å². The second-order valence-electron chi connectivity index (χ2n) is 7.30. The molecule has 16 heavy (non-hydrogen) atoms. The summed E-state index contributed by atoms with van der Waals surface area (Å²) in [7, 11) is 0. The highest BCUT2D eigenvalue weighted by molar-refractivity contribution is 5.06. The quantitative estimate of drug-likeness (QED) is 0.758. The molecule has 0 aromatic heterocycles. The Kier molecular flexibility index (Phi) is 2.41. The predicted molar refractivity (Wildman–Crippen MR) is 66.0 cm³/mol. The van der Waals surface area contributed by atoms with Crippen LogP contribution in [0.15, 0.2) is 0 Å². The van der Waals surface area contributed by atoms with Gasteiger partial charge < -0.3 is 5.11 Å². The van der Waals surface area contributed by atoms with E-state index in [0.717, 1.165) is 17.8 Å². The van der Waals surface area contributed by atoms with Crippen LogP contribution < -0.4 is 0 Å². The maximum atomic E-state index is 10.5. The van der Waals surface area contributed by atoms with Crippen molar-refractivity contribution in [2.45, 2.75) is 59.0 Å². The van der Waals surface area contributed by atoms with Gasteiger partial charge in [-0.15, -0.1) is 0 Å². The minimum Gasteiger partial charge on any atom is -0.393 e. The van der Waals surface area contributed by atoms with Crippen LogP contribution in [0.4, 0.5) is 0 Å². The van der Waals surface area contributed by atoms with Crippen LogP contribution in [0.5, 0.6) is 0 Å². The highest BCUT2D eigenvalue weighted by Gasteiger charge is 2.57. The summed E-state index contributed by atoms with van der Waals surface area (Å²) in [5.74, 6) is 3.78. The third-order valence-electron chi connectivity index (χ3n) is 6.48. The fourth-order valence-corrected chi connectivity index (χ4v) is 4.77. The van der Waals surface area contributed by atoms with Gasteiger partial charge in [0.05, 0.1) is 6.10 Å². The summed E-state index contributed by atoms with van der Waals surface area (Å²) in [5, 5.41) is 10.5. The third kappa shape index (κ3) is 1.33. The van der Waals surface area contributed by atoms with Crippen molar-refractivity contribution in [2.75, 3.05) is 0 Å². The van der Waals surface area contributed by atoms with E-state index in [0.29, 0.717) is 17.3 Å². The smallest absolute Gasteiger partial charge is 0.0599 e. The standard InChI is InChI=1S/C15H26O/c1-9-12(14(16)10-5-4-6-10)7-11-8-13(9)15(11,2)3/h9-14,16H,4-8H2,1-3H3/t9-,11+,12+,13+,14?/m0/s1. The van der Waals surface area contributed by atoms with E-state index < -0.39 is 0 Å². The predicted octanol–water partition coefficient (Wildman–Crippen LogP) is 3.47. The van der Waals surface area contributed by atoms with Crippen molar-refractivity contribution >= 4 is 0 Å². The molecule has 1 unspecified atom stereocenters. The molecule has 0 aromatic rings. The molecule has 92 valence electrons. The third-order valence-corrected chi connectivity index (χ3v) is 6.48. The van der Waals surface area contributed by atoms with Crippen LogP contribution in [0, 0.1) is 35.0 Å². The molecule has 0 saturated heterocycles. The zero-order valence-corrected chi connectivity index (χ0v) is 10.9. The molecule has 0 amide bonds. The highest BCUT2D eigenvalue weighted by atomic mass is 16.3. The number of rotatable bonds is 2. The van der Waals surface area contributed by atoms with Gasteiger partial charge in [0.15, 0.2) is 0 Å². The van der Waals surface area contributed by atoms with Crippen LogP contribution in [0.3, 0.4) is 0 Å². The highest BCUT2D eigenvalue weighted by Crippen LogP contribution is 2.64. The van der Waals surface area contributed by atoms with Crippen LogP contribution in [-0.4, -0.2) is 11.2 Å². The molecule has 4 fully saturated rings. The molecular weight excluding hydrogens is 196 g/mol. The van der Waals surface area contributed by atoms with Gasteiger partial charge >= 0.3 is 0 Å². The van der Waals surface area contributed by atoms with Crippen molar-refractivity contribution < 1.29 is 5.11 Å². The van der Waals surface area contributed by atoms with Crippen molar-refractivity contribution in [3.8, 4) is 0 Å². The van der Waals surface area contributed by atoms with Crippen molar-refractivity contribution in [1.82, 2.24) is 0 Å². The number of aliphatic hydroxyl groups excluding tert-OH is 1. The first-order valence-corrected chi connectivity index (χ1v) is 7.20. The van der Waals surface area contributed by atoms with Crippen LogP contribution in [0.25, 0.3) is 0 Å². The normalized spacial score (nSPS) is 48.0. The van der Waals surface area contributed by atoms with Crippen LogP contribution in [0.2, 0.25) is 0 Å². The Morgan fingerprint density at radius 2 is 1.88 bits per heavy atom. The number of hydrogen-bond acceptors (Lipinski definition) is 1. The zero-order valence-electron chi connectivity index (χ0n) is 10.9. The summed E-state index contributed by atoms with van der Waals surface area (Å²) in [6.07, 6.45) is 6.66. The topological polar surface area (TPSA) is 20.2 Å². The molecule has 0 radical (unpaired) electrons. The molecular formula is C15H26O. The molecule has 1 nitrogen and oxygen atoms in total. The molecule has 4 rings (SSSR count). The molecule has 0 aromatic carbocycles. The Labute approximate surface area is 99.6 Å². The lowest BCUT2D eigenvalue weighted by Crippen LogP contribution is -2.57. The van der Waals surface area contributed by atoms with Gasteiger partial charge in [0.1, 0.15) is 0 Å². The molecule has 1 heteroatoms. The first-order valence-electron chi connectivity index (χ1n) is 7.20. The summed E-state index contributed by atoms with van der Waals surface area (Å²) in [6.45, 7) is 7.27. The molecule has 1 N–H and O–H groups in total. The number of fused-ring (bicyclic) bond motifs is 2. The lowest BCUT2D eigenvalue weighted by Gasteiger charge is -2.63. The molecule has 4 aliphatic rings. The summed E-state index contributed by atoms with van der Waals surface area (Å²) in [5.41, 5.74) is 0.565. The van der Waals surface area contributed by atoms with Gasteiger partial charge in [0.25, 0.3) is 0 Å². The molecule has 5 atom stereocenters. The first-order chi connectivity index (χ1) is 7.51. The minimum absolute atomic E-state index is 0.0187. The van der Waals surface area contributed by atoms with E-state index in [9.17, 15) is 5.11 Å². The van der Waals surface area contributed by atoms with Crippen LogP contribution in [0.1, 0.15) is 52.9 Å². The Morgan fingerprint density at radius 1 is 1.19 bits per heavy atom. The van der Waals surface area contributed by atoms with E-state index in [4.69, 9.17) is 0 Å². The molecule has 0 aliphatic heterocycles. The lowest BCUT2D eigenvalue weighted by atomic mass is 9.42. The van der Waals surface area contributed by atoms with E-state index in [-0.39, 0.29) is 6.10 Å². The zero-order chi connectivity index (χ0) is 11.5. The lowest BCUT2D eigenvalue weighted by molar-refractivity contribution is -0.163. The van der Waals surface area contributed by atoms with Crippen molar-refractivity contribution in [2.24, 2.45) is 35.0 Å². The van der Waals surface area contributed by atoms with E-state index in [1.54, 1.807) is 0 Å². The second-order valence-corrected chi connectivity index (χ2v) is 7.30. The van der Waals surface area contributed by atoms with Crippen molar-refractivity contribution in [3.05, 3.63) is 0 Å². The van der Waals surface area contributed by atoms with Gasteiger partial charge in [0, 0.05) is 0 Å². The first kappa shape index (κ1) is 11.1.